The van der Waals surface area contributed by atoms with Crippen molar-refractivity contribution in [3.63, 3.8) is 0 Å². The predicted octanol–water partition coefficient (Wildman–Crippen LogP) is 0.920. The molecule has 1 atom stereocenters. The molecule has 0 aliphatic carbocycles. The molecule has 1 rings (SSSR count). The molecule has 120 valence electrons. The molecule has 1 aliphatic rings. The van der Waals surface area contributed by atoms with Gasteiger partial charge in [0.05, 0.1) is 19.8 Å². The monoisotopic (exact) mass is 308 g/mol. The third-order valence-electron chi connectivity index (χ3n) is 3.47. The van der Waals surface area contributed by atoms with Gasteiger partial charge < -0.3 is 9.47 Å². The Kier molecular flexibility index (Phi) is 8.63. The van der Waals surface area contributed by atoms with Crippen LogP contribution in [-0.4, -0.2) is 58.2 Å². The molecule has 1 unspecified atom stereocenters. The number of nitrogens with two attached hydrogens (primary N) is 1. The summed E-state index contributed by atoms with van der Waals surface area (Å²) in [6, 6.07) is 0. The van der Waals surface area contributed by atoms with Crippen molar-refractivity contribution in [3.05, 3.63) is 0 Å². The fourth-order valence-electron chi connectivity index (χ4n) is 2.22. The minimum Gasteiger partial charge on any atom is -0.379 e. The van der Waals surface area contributed by atoms with Crippen molar-refractivity contribution < 1.29 is 17.9 Å². The molecule has 1 heterocycles. The highest BCUT2D eigenvalue weighted by Crippen LogP contribution is 2.12. The van der Waals surface area contributed by atoms with E-state index in [0.29, 0.717) is 13.0 Å². The molecule has 0 bridgehead atoms. The number of unbranched alkanes of at least 4 members (excludes halogenated alkanes) is 3. The van der Waals surface area contributed by atoms with Crippen LogP contribution in [0.1, 0.15) is 39.0 Å². The van der Waals surface area contributed by atoms with Crippen LogP contribution in [-0.2, 0) is 19.5 Å². The Balaban J connectivity index is 2.25. The average molecular weight is 308 g/mol. The summed E-state index contributed by atoms with van der Waals surface area (Å²) < 4.78 is 33.7. The first kappa shape index (κ1) is 17.8. The molecule has 1 saturated heterocycles. The van der Waals surface area contributed by atoms with Gasteiger partial charge in [-0.05, 0) is 12.8 Å². The molecule has 0 aromatic heterocycles. The van der Waals surface area contributed by atoms with E-state index in [9.17, 15) is 8.42 Å². The van der Waals surface area contributed by atoms with Crippen LogP contribution in [0, 0.1) is 0 Å². The standard InChI is InChI=1S/C13H28N2O4S/c1-2-3-4-5-6-13(20(14,16)17)19-12-9-15-7-10-18-11-8-15/h13H,2-12H2,1H3,(H2,14,16,17). The molecular weight excluding hydrogens is 280 g/mol. The maximum Gasteiger partial charge on any atom is 0.236 e. The zero-order chi connectivity index (χ0) is 14.8. The Hall–Kier alpha value is -0.210. The van der Waals surface area contributed by atoms with Crippen molar-refractivity contribution in [2.45, 2.75) is 44.5 Å². The molecule has 0 radical (unpaired) electrons. The van der Waals surface area contributed by atoms with E-state index in [4.69, 9.17) is 14.6 Å². The van der Waals surface area contributed by atoms with Crippen molar-refractivity contribution in [1.29, 1.82) is 0 Å². The Labute approximate surface area is 122 Å². The Morgan fingerprint density at radius 3 is 2.55 bits per heavy atom. The van der Waals surface area contributed by atoms with E-state index in [1.54, 1.807) is 0 Å². The quantitative estimate of drug-likeness (QED) is 0.607. The van der Waals surface area contributed by atoms with Crippen LogP contribution in [0.3, 0.4) is 0 Å². The van der Waals surface area contributed by atoms with Gasteiger partial charge in [-0.3, -0.25) is 4.90 Å². The summed E-state index contributed by atoms with van der Waals surface area (Å²) in [4.78, 5) is 2.21. The van der Waals surface area contributed by atoms with Crippen LogP contribution < -0.4 is 5.14 Å². The molecular formula is C13H28N2O4S. The van der Waals surface area contributed by atoms with E-state index >= 15 is 0 Å². The Morgan fingerprint density at radius 1 is 1.25 bits per heavy atom. The molecule has 0 saturated carbocycles. The molecule has 1 aliphatic heterocycles. The van der Waals surface area contributed by atoms with E-state index in [0.717, 1.165) is 58.5 Å². The minimum atomic E-state index is -3.62. The van der Waals surface area contributed by atoms with Crippen LogP contribution in [0.2, 0.25) is 0 Å². The van der Waals surface area contributed by atoms with Gasteiger partial charge in [-0.1, -0.05) is 26.2 Å². The molecule has 1 fully saturated rings. The van der Waals surface area contributed by atoms with Gasteiger partial charge in [-0.15, -0.1) is 0 Å². The lowest BCUT2D eigenvalue weighted by atomic mass is 10.2. The van der Waals surface area contributed by atoms with Gasteiger partial charge in [-0.25, -0.2) is 13.6 Å². The lowest BCUT2D eigenvalue weighted by Gasteiger charge is -2.27. The Morgan fingerprint density at radius 2 is 1.95 bits per heavy atom. The SMILES string of the molecule is CCCCCCC(OCCN1CCOCC1)S(N)(=O)=O. The first-order chi connectivity index (χ1) is 9.54. The molecule has 0 aromatic rings. The lowest BCUT2D eigenvalue weighted by molar-refractivity contribution is 0.0146. The van der Waals surface area contributed by atoms with Gasteiger partial charge in [0.25, 0.3) is 0 Å². The molecule has 7 heteroatoms. The summed E-state index contributed by atoms with van der Waals surface area (Å²) in [5.41, 5.74) is -0.861. The van der Waals surface area contributed by atoms with Gasteiger partial charge in [0.1, 0.15) is 0 Å². The van der Waals surface area contributed by atoms with E-state index < -0.39 is 15.5 Å². The van der Waals surface area contributed by atoms with Crippen molar-refractivity contribution in [2.24, 2.45) is 5.14 Å². The summed E-state index contributed by atoms with van der Waals surface area (Å²) in [5.74, 6) is 0. The highest BCUT2D eigenvalue weighted by molar-refractivity contribution is 7.89. The zero-order valence-corrected chi connectivity index (χ0v) is 13.2. The summed E-state index contributed by atoms with van der Waals surface area (Å²) >= 11 is 0. The van der Waals surface area contributed by atoms with Crippen molar-refractivity contribution in [2.75, 3.05) is 39.5 Å². The van der Waals surface area contributed by atoms with Gasteiger partial charge in [0.2, 0.25) is 10.0 Å². The number of hydrogen-bond donors (Lipinski definition) is 1. The van der Waals surface area contributed by atoms with E-state index in [1.807, 2.05) is 0 Å². The number of ether oxygens (including phenoxy) is 2. The smallest absolute Gasteiger partial charge is 0.236 e. The minimum absolute atomic E-state index is 0.398. The lowest BCUT2D eigenvalue weighted by Crippen LogP contribution is -2.40. The predicted molar refractivity (Wildman–Crippen MR) is 78.9 cm³/mol. The third kappa shape index (κ3) is 7.54. The van der Waals surface area contributed by atoms with E-state index in [2.05, 4.69) is 11.8 Å². The second kappa shape index (κ2) is 9.68. The van der Waals surface area contributed by atoms with Gasteiger partial charge in [0, 0.05) is 19.6 Å². The first-order valence-corrected chi connectivity index (χ1v) is 9.08. The fourth-order valence-corrected chi connectivity index (χ4v) is 3.00. The maximum absolute atomic E-state index is 11.5. The Bertz CT molecular complexity index is 342. The molecule has 2 N–H and O–H groups in total. The van der Waals surface area contributed by atoms with Gasteiger partial charge >= 0.3 is 0 Å². The van der Waals surface area contributed by atoms with Crippen molar-refractivity contribution in [1.82, 2.24) is 4.90 Å². The normalized spacial score (nSPS) is 19.1. The number of hydrogen-bond acceptors (Lipinski definition) is 5. The molecule has 20 heavy (non-hydrogen) atoms. The highest BCUT2D eigenvalue weighted by Gasteiger charge is 2.22. The molecule has 6 nitrogen and oxygen atoms in total. The number of morpholine rings is 1. The zero-order valence-electron chi connectivity index (χ0n) is 12.4. The molecule has 0 aromatic carbocycles. The third-order valence-corrected chi connectivity index (χ3v) is 4.58. The number of nitrogens with zero attached hydrogens (tertiary/aromatic N) is 1. The van der Waals surface area contributed by atoms with Crippen LogP contribution >= 0.6 is 0 Å². The van der Waals surface area contributed by atoms with Gasteiger partial charge in [-0.2, -0.15) is 0 Å². The fraction of sp³-hybridized carbons (Fsp3) is 1.00. The summed E-state index contributed by atoms with van der Waals surface area (Å²) in [6.07, 6.45) is 4.59. The van der Waals surface area contributed by atoms with Crippen molar-refractivity contribution >= 4 is 10.0 Å². The van der Waals surface area contributed by atoms with Crippen molar-refractivity contribution in [3.8, 4) is 0 Å². The number of rotatable bonds is 10. The van der Waals surface area contributed by atoms with Gasteiger partial charge in [0.15, 0.2) is 5.44 Å². The topological polar surface area (TPSA) is 81.9 Å². The van der Waals surface area contributed by atoms with Crippen LogP contribution in [0.5, 0.6) is 0 Å². The molecule has 0 spiro atoms. The van der Waals surface area contributed by atoms with Crippen LogP contribution in [0.4, 0.5) is 0 Å². The van der Waals surface area contributed by atoms with E-state index in [-0.39, 0.29) is 0 Å². The summed E-state index contributed by atoms with van der Waals surface area (Å²) in [5, 5.41) is 5.23. The second-order valence-electron chi connectivity index (χ2n) is 5.19. The second-order valence-corrected chi connectivity index (χ2v) is 6.90. The van der Waals surface area contributed by atoms with Crippen LogP contribution in [0.15, 0.2) is 0 Å². The van der Waals surface area contributed by atoms with Crippen LogP contribution in [0.25, 0.3) is 0 Å². The number of sulfonamides is 1. The average Bonchev–Trinajstić information content (AvgIpc) is 2.41. The largest absolute Gasteiger partial charge is 0.379 e. The van der Waals surface area contributed by atoms with E-state index in [1.165, 1.54) is 0 Å². The summed E-state index contributed by atoms with van der Waals surface area (Å²) in [7, 11) is -3.62. The number of primary sulfonamides is 1. The highest BCUT2D eigenvalue weighted by atomic mass is 32.2. The maximum atomic E-state index is 11.5. The molecule has 0 amide bonds. The first-order valence-electron chi connectivity index (χ1n) is 7.47. The summed E-state index contributed by atoms with van der Waals surface area (Å²) in [6.45, 7) is 6.46.